The molecule has 0 atom stereocenters. The summed E-state index contributed by atoms with van der Waals surface area (Å²) in [7, 11) is 0. The molecule has 0 aliphatic rings. The van der Waals surface area contributed by atoms with Crippen molar-refractivity contribution in [3.8, 4) is 0 Å². The van der Waals surface area contributed by atoms with Crippen LogP contribution in [0.4, 0.5) is 5.82 Å². The molecule has 1 rings (SSSR count). The number of nitrogen functional groups attached to an aromatic ring is 1. The summed E-state index contributed by atoms with van der Waals surface area (Å²) in [5.74, 6) is 0.0607. The van der Waals surface area contributed by atoms with E-state index in [1.165, 1.54) is 18.0 Å². The quantitative estimate of drug-likeness (QED) is 0.443. The van der Waals surface area contributed by atoms with Gasteiger partial charge in [0.25, 0.3) is 0 Å². The number of aromatic nitrogens is 2. The van der Waals surface area contributed by atoms with Gasteiger partial charge in [0.1, 0.15) is 11.4 Å². The van der Waals surface area contributed by atoms with Gasteiger partial charge in [0.05, 0.1) is 6.61 Å². The molecule has 0 bridgehead atoms. The van der Waals surface area contributed by atoms with E-state index >= 15 is 0 Å². The SMILES string of the molecule is CCOC(=O)c1cnc(SCCC(=O)NC(C)C)nc1N. The Hall–Kier alpha value is -1.83. The fourth-order valence-electron chi connectivity index (χ4n) is 1.44. The number of ether oxygens (including phenoxy) is 1. The summed E-state index contributed by atoms with van der Waals surface area (Å²) >= 11 is 1.31. The molecule has 0 aliphatic heterocycles. The van der Waals surface area contributed by atoms with E-state index in [4.69, 9.17) is 10.5 Å². The molecular weight excluding hydrogens is 292 g/mol. The lowest BCUT2D eigenvalue weighted by molar-refractivity contribution is -0.121. The molecule has 0 radical (unpaired) electrons. The molecule has 0 unspecified atom stereocenters. The van der Waals surface area contributed by atoms with Gasteiger partial charge in [-0.15, -0.1) is 0 Å². The highest BCUT2D eigenvalue weighted by Crippen LogP contribution is 2.17. The van der Waals surface area contributed by atoms with Crippen LogP contribution in [-0.2, 0) is 9.53 Å². The Bertz CT molecular complexity index is 508. The van der Waals surface area contributed by atoms with E-state index < -0.39 is 5.97 Å². The monoisotopic (exact) mass is 312 g/mol. The second kappa shape index (κ2) is 8.46. The van der Waals surface area contributed by atoms with Crippen molar-refractivity contribution in [2.75, 3.05) is 18.1 Å². The van der Waals surface area contributed by atoms with E-state index in [1.54, 1.807) is 6.92 Å². The van der Waals surface area contributed by atoms with E-state index in [0.717, 1.165) is 0 Å². The summed E-state index contributed by atoms with van der Waals surface area (Å²) in [4.78, 5) is 31.1. The number of nitrogens with two attached hydrogens (primary N) is 1. The predicted octanol–water partition coefficient (Wildman–Crippen LogP) is 1.24. The van der Waals surface area contributed by atoms with E-state index in [-0.39, 0.29) is 29.9 Å². The Morgan fingerprint density at radius 1 is 1.48 bits per heavy atom. The molecule has 1 aromatic rings. The molecule has 0 saturated heterocycles. The number of rotatable bonds is 7. The highest BCUT2D eigenvalue weighted by Gasteiger charge is 2.14. The molecule has 0 saturated carbocycles. The summed E-state index contributed by atoms with van der Waals surface area (Å²) in [5, 5.41) is 3.23. The van der Waals surface area contributed by atoms with Crippen LogP contribution in [0.3, 0.4) is 0 Å². The molecule has 0 fully saturated rings. The zero-order valence-electron chi connectivity index (χ0n) is 12.4. The number of hydrogen-bond donors (Lipinski definition) is 2. The minimum Gasteiger partial charge on any atom is -0.462 e. The predicted molar refractivity (Wildman–Crippen MR) is 81.0 cm³/mol. The molecule has 3 N–H and O–H groups in total. The Morgan fingerprint density at radius 2 is 2.19 bits per heavy atom. The van der Waals surface area contributed by atoms with Crippen LogP contribution >= 0.6 is 11.8 Å². The van der Waals surface area contributed by atoms with Gasteiger partial charge in [-0.25, -0.2) is 14.8 Å². The van der Waals surface area contributed by atoms with Gasteiger partial charge in [0, 0.05) is 24.4 Å². The van der Waals surface area contributed by atoms with Crippen molar-refractivity contribution in [3.63, 3.8) is 0 Å². The summed E-state index contributed by atoms with van der Waals surface area (Å²) in [6.45, 7) is 5.78. The van der Waals surface area contributed by atoms with Crippen molar-refractivity contribution in [1.29, 1.82) is 0 Å². The standard InChI is InChI=1S/C13H20N4O3S/c1-4-20-12(19)9-7-15-13(17-11(9)14)21-6-5-10(18)16-8(2)3/h7-8H,4-6H2,1-3H3,(H,16,18)(H2,14,15,17). The largest absolute Gasteiger partial charge is 0.462 e. The average molecular weight is 312 g/mol. The highest BCUT2D eigenvalue weighted by molar-refractivity contribution is 7.99. The third kappa shape index (κ3) is 5.99. The number of hydrogen-bond acceptors (Lipinski definition) is 7. The van der Waals surface area contributed by atoms with Crippen LogP contribution < -0.4 is 11.1 Å². The van der Waals surface area contributed by atoms with Crippen LogP contribution in [0.1, 0.15) is 37.6 Å². The van der Waals surface area contributed by atoms with Gasteiger partial charge in [-0.1, -0.05) is 11.8 Å². The zero-order chi connectivity index (χ0) is 15.8. The van der Waals surface area contributed by atoms with Crippen molar-refractivity contribution in [1.82, 2.24) is 15.3 Å². The Balaban J connectivity index is 2.52. The summed E-state index contributed by atoms with van der Waals surface area (Å²) in [6.07, 6.45) is 1.71. The van der Waals surface area contributed by atoms with Crippen LogP contribution in [0.5, 0.6) is 0 Å². The summed E-state index contributed by atoms with van der Waals surface area (Å²) in [6, 6.07) is 0.123. The van der Waals surface area contributed by atoms with E-state index in [1.807, 2.05) is 13.8 Å². The van der Waals surface area contributed by atoms with Crippen LogP contribution in [-0.4, -0.2) is 40.2 Å². The van der Waals surface area contributed by atoms with Crippen LogP contribution in [0.2, 0.25) is 0 Å². The molecule has 0 aliphatic carbocycles. The molecule has 7 nitrogen and oxygen atoms in total. The number of nitrogens with zero attached hydrogens (tertiary/aromatic N) is 2. The average Bonchev–Trinajstić information content (AvgIpc) is 2.38. The fraction of sp³-hybridized carbons (Fsp3) is 0.538. The van der Waals surface area contributed by atoms with Crippen molar-refractivity contribution >= 4 is 29.5 Å². The van der Waals surface area contributed by atoms with Gasteiger partial charge >= 0.3 is 5.97 Å². The number of nitrogens with one attached hydrogen (secondary N) is 1. The zero-order valence-corrected chi connectivity index (χ0v) is 13.2. The highest BCUT2D eigenvalue weighted by atomic mass is 32.2. The molecule has 116 valence electrons. The minimum absolute atomic E-state index is 0.0198. The number of carbonyl (C=O) groups is 2. The number of esters is 1. The maximum absolute atomic E-state index is 11.5. The minimum atomic E-state index is -0.539. The van der Waals surface area contributed by atoms with E-state index in [0.29, 0.717) is 17.3 Å². The van der Waals surface area contributed by atoms with Crippen LogP contribution in [0.15, 0.2) is 11.4 Å². The number of amides is 1. The third-order valence-electron chi connectivity index (χ3n) is 2.30. The maximum atomic E-state index is 11.5. The number of anilines is 1. The first-order chi connectivity index (χ1) is 9.93. The lowest BCUT2D eigenvalue weighted by atomic mass is 10.3. The van der Waals surface area contributed by atoms with Crippen molar-refractivity contribution < 1.29 is 14.3 Å². The number of carbonyl (C=O) groups excluding carboxylic acids is 2. The molecule has 1 aromatic heterocycles. The third-order valence-corrected chi connectivity index (χ3v) is 3.16. The lowest BCUT2D eigenvalue weighted by Gasteiger charge is -2.08. The topological polar surface area (TPSA) is 107 Å². The summed E-state index contributed by atoms with van der Waals surface area (Å²) < 4.78 is 4.84. The van der Waals surface area contributed by atoms with Gasteiger partial charge in [-0.2, -0.15) is 0 Å². The van der Waals surface area contributed by atoms with Crippen molar-refractivity contribution in [2.45, 2.75) is 38.4 Å². The lowest BCUT2D eigenvalue weighted by Crippen LogP contribution is -2.30. The molecule has 8 heteroatoms. The van der Waals surface area contributed by atoms with Crippen molar-refractivity contribution in [3.05, 3.63) is 11.8 Å². The molecule has 0 spiro atoms. The van der Waals surface area contributed by atoms with Crippen LogP contribution in [0.25, 0.3) is 0 Å². The van der Waals surface area contributed by atoms with Gasteiger partial charge in [0.15, 0.2) is 5.16 Å². The molecule has 1 amide bonds. The summed E-state index contributed by atoms with van der Waals surface area (Å²) in [5.41, 5.74) is 5.86. The van der Waals surface area contributed by atoms with Gasteiger partial charge in [0.2, 0.25) is 5.91 Å². The van der Waals surface area contributed by atoms with Gasteiger partial charge < -0.3 is 15.8 Å². The number of thioether (sulfide) groups is 1. The van der Waals surface area contributed by atoms with Crippen molar-refractivity contribution in [2.24, 2.45) is 0 Å². The Labute approximate surface area is 128 Å². The normalized spacial score (nSPS) is 10.5. The Kier molecular flexibility index (Phi) is 6.93. The molecule has 0 aromatic carbocycles. The molecule has 21 heavy (non-hydrogen) atoms. The first-order valence-electron chi connectivity index (χ1n) is 6.65. The first-order valence-corrected chi connectivity index (χ1v) is 7.64. The molecular formula is C13H20N4O3S. The van der Waals surface area contributed by atoms with Gasteiger partial charge in [-0.05, 0) is 20.8 Å². The maximum Gasteiger partial charge on any atom is 0.343 e. The van der Waals surface area contributed by atoms with E-state index in [9.17, 15) is 9.59 Å². The van der Waals surface area contributed by atoms with E-state index in [2.05, 4.69) is 15.3 Å². The fourth-order valence-corrected chi connectivity index (χ4v) is 2.20. The Morgan fingerprint density at radius 3 is 2.76 bits per heavy atom. The van der Waals surface area contributed by atoms with Crippen LogP contribution in [0, 0.1) is 0 Å². The molecule has 1 heterocycles. The second-order valence-electron chi connectivity index (χ2n) is 4.49. The van der Waals surface area contributed by atoms with Gasteiger partial charge in [-0.3, -0.25) is 4.79 Å². The smallest absolute Gasteiger partial charge is 0.343 e. The second-order valence-corrected chi connectivity index (χ2v) is 5.55. The first kappa shape index (κ1) is 17.2.